The first-order chi connectivity index (χ1) is 13.5. The molecule has 0 radical (unpaired) electrons. The fourth-order valence-electron chi connectivity index (χ4n) is 2.16. The van der Waals surface area contributed by atoms with Crippen molar-refractivity contribution in [2.24, 2.45) is 0 Å². The Kier molecular flexibility index (Phi) is 6.36. The largest absolute Gasteiger partial charge is 0.451 e. The second kappa shape index (κ2) is 8.54. The molecule has 29 heavy (non-hydrogen) atoms. The van der Waals surface area contributed by atoms with Crippen LogP contribution in [0.5, 0.6) is 0 Å². The van der Waals surface area contributed by atoms with Crippen LogP contribution in [0.15, 0.2) is 47.4 Å². The van der Waals surface area contributed by atoms with Gasteiger partial charge in [-0.25, -0.2) is 0 Å². The molecule has 0 spiro atoms. The molecular formula is C17H14F3N3O6. The molecule has 2 aromatic rings. The molecule has 0 bridgehead atoms. The summed E-state index contributed by atoms with van der Waals surface area (Å²) in [5, 5.41) is 12.9. The number of benzene rings is 1. The number of esters is 1. The second-order valence-electron chi connectivity index (χ2n) is 5.81. The number of nitro benzene ring substituents is 1. The second-order valence-corrected chi connectivity index (χ2v) is 5.81. The standard InChI is InChI=1S/C17H14F3N3O6/c1-10(16(26)21-12-3-5-13(6-4-12)23(27)28)29-15(25)9-22-8-11(17(18,19)20)2-7-14(22)24/h2-8,10H,9H2,1H3,(H,21,26)/t10-/m0/s1. The topological polar surface area (TPSA) is 121 Å². The number of pyridine rings is 1. The number of nitrogens with one attached hydrogen (secondary N) is 1. The molecule has 12 heteroatoms. The first-order valence-corrected chi connectivity index (χ1v) is 8.00. The summed E-state index contributed by atoms with van der Waals surface area (Å²) in [5.41, 5.74) is -1.95. The van der Waals surface area contributed by atoms with Crippen molar-refractivity contribution in [3.63, 3.8) is 0 Å². The lowest BCUT2D eigenvalue weighted by Gasteiger charge is -2.15. The van der Waals surface area contributed by atoms with Crippen LogP contribution in [-0.2, 0) is 27.0 Å². The van der Waals surface area contributed by atoms with Crippen molar-refractivity contribution in [1.29, 1.82) is 0 Å². The minimum absolute atomic E-state index is 0.186. The van der Waals surface area contributed by atoms with Gasteiger partial charge in [0.05, 0.1) is 10.5 Å². The van der Waals surface area contributed by atoms with E-state index in [9.17, 15) is 37.7 Å². The first kappa shape index (κ1) is 21.6. The number of halogens is 3. The molecule has 1 aromatic carbocycles. The zero-order valence-electron chi connectivity index (χ0n) is 14.8. The number of anilines is 1. The number of nitro groups is 1. The Morgan fingerprint density at radius 1 is 1.21 bits per heavy atom. The third-order valence-corrected chi connectivity index (χ3v) is 3.63. The molecule has 1 atom stereocenters. The van der Waals surface area contributed by atoms with Gasteiger partial charge in [-0.15, -0.1) is 0 Å². The first-order valence-electron chi connectivity index (χ1n) is 8.00. The lowest BCUT2D eigenvalue weighted by atomic mass is 10.2. The molecule has 9 nitrogen and oxygen atoms in total. The lowest BCUT2D eigenvalue weighted by molar-refractivity contribution is -0.384. The van der Waals surface area contributed by atoms with Gasteiger partial charge in [-0.1, -0.05) is 0 Å². The van der Waals surface area contributed by atoms with E-state index < -0.39 is 46.7 Å². The van der Waals surface area contributed by atoms with Crippen molar-refractivity contribution < 1.29 is 32.4 Å². The highest BCUT2D eigenvalue weighted by Gasteiger charge is 2.31. The van der Waals surface area contributed by atoms with Crippen molar-refractivity contribution in [3.8, 4) is 0 Å². The number of carbonyl (C=O) groups is 2. The number of non-ortho nitro benzene ring substituents is 1. The summed E-state index contributed by atoms with van der Waals surface area (Å²) in [6.07, 6.45) is -5.55. The van der Waals surface area contributed by atoms with E-state index in [1.54, 1.807) is 0 Å². The zero-order valence-corrected chi connectivity index (χ0v) is 14.8. The average Bonchev–Trinajstić information content (AvgIpc) is 2.62. The molecule has 1 N–H and O–H groups in total. The Labute approximate surface area is 160 Å². The van der Waals surface area contributed by atoms with Gasteiger partial charge >= 0.3 is 12.1 Å². The summed E-state index contributed by atoms with van der Waals surface area (Å²) in [4.78, 5) is 45.5. The van der Waals surface area contributed by atoms with Gasteiger partial charge < -0.3 is 14.6 Å². The van der Waals surface area contributed by atoms with E-state index in [1.807, 2.05) is 0 Å². The van der Waals surface area contributed by atoms with Crippen LogP contribution in [0.2, 0.25) is 0 Å². The fourth-order valence-corrected chi connectivity index (χ4v) is 2.16. The smallest absolute Gasteiger partial charge is 0.417 e. The summed E-state index contributed by atoms with van der Waals surface area (Å²) < 4.78 is 43.5. The minimum atomic E-state index is -4.70. The molecule has 0 aliphatic heterocycles. The minimum Gasteiger partial charge on any atom is -0.451 e. The van der Waals surface area contributed by atoms with Crippen LogP contribution in [0.4, 0.5) is 24.5 Å². The van der Waals surface area contributed by atoms with Crippen molar-refractivity contribution in [2.45, 2.75) is 25.7 Å². The summed E-state index contributed by atoms with van der Waals surface area (Å²) >= 11 is 0. The maximum Gasteiger partial charge on any atom is 0.417 e. The van der Waals surface area contributed by atoms with Gasteiger partial charge in [0.15, 0.2) is 6.10 Å². The van der Waals surface area contributed by atoms with E-state index in [1.165, 1.54) is 19.1 Å². The normalized spacial score (nSPS) is 12.1. The third kappa shape index (κ3) is 5.89. The van der Waals surface area contributed by atoms with Crippen LogP contribution in [0, 0.1) is 10.1 Å². The Bertz CT molecular complexity index is 985. The number of aromatic nitrogens is 1. The van der Waals surface area contributed by atoms with Gasteiger partial charge in [0, 0.05) is 30.1 Å². The predicted molar refractivity (Wildman–Crippen MR) is 93.0 cm³/mol. The van der Waals surface area contributed by atoms with E-state index in [0.717, 1.165) is 12.1 Å². The Morgan fingerprint density at radius 2 is 1.83 bits per heavy atom. The van der Waals surface area contributed by atoms with Crippen molar-refractivity contribution in [1.82, 2.24) is 4.57 Å². The number of carbonyl (C=O) groups excluding carboxylic acids is 2. The maximum absolute atomic E-state index is 12.7. The summed E-state index contributed by atoms with van der Waals surface area (Å²) in [5.74, 6) is -1.87. The molecule has 2 rings (SSSR count). The van der Waals surface area contributed by atoms with E-state index in [4.69, 9.17) is 4.74 Å². The van der Waals surface area contributed by atoms with Crippen LogP contribution in [0.25, 0.3) is 0 Å². The Morgan fingerprint density at radius 3 is 2.38 bits per heavy atom. The molecular weight excluding hydrogens is 399 g/mol. The van der Waals surface area contributed by atoms with E-state index >= 15 is 0 Å². The van der Waals surface area contributed by atoms with E-state index in [-0.39, 0.29) is 11.4 Å². The third-order valence-electron chi connectivity index (χ3n) is 3.63. The molecule has 154 valence electrons. The van der Waals surface area contributed by atoms with Gasteiger partial charge in [0.1, 0.15) is 6.54 Å². The predicted octanol–water partition coefficient (Wildman–Crippen LogP) is 2.35. The van der Waals surface area contributed by atoms with Crippen LogP contribution in [0.1, 0.15) is 12.5 Å². The van der Waals surface area contributed by atoms with Crippen LogP contribution >= 0.6 is 0 Å². The number of ether oxygens (including phenoxy) is 1. The Balaban J connectivity index is 1.99. The van der Waals surface area contributed by atoms with Gasteiger partial charge in [0.2, 0.25) is 0 Å². The molecule has 1 aromatic heterocycles. The van der Waals surface area contributed by atoms with Crippen molar-refractivity contribution in [3.05, 3.63) is 68.6 Å². The lowest BCUT2D eigenvalue weighted by Crippen LogP contribution is -2.33. The monoisotopic (exact) mass is 413 g/mol. The van der Waals surface area contributed by atoms with E-state index in [0.29, 0.717) is 22.9 Å². The summed E-state index contributed by atoms with van der Waals surface area (Å²) in [7, 11) is 0. The van der Waals surface area contributed by atoms with Crippen LogP contribution < -0.4 is 10.9 Å². The zero-order chi connectivity index (χ0) is 21.8. The molecule has 1 amide bonds. The molecule has 1 heterocycles. The van der Waals surface area contributed by atoms with Crippen molar-refractivity contribution >= 4 is 23.3 Å². The average molecular weight is 413 g/mol. The number of hydrogen-bond acceptors (Lipinski definition) is 6. The van der Waals surface area contributed by atoms with Crippen LogP contribution in [-0.4, -0.2) is 27.5 Å². The molecule has 0 saturated carbocycles. The number of alkyl halides is 3. The van der Waals surface area contributed by atoms with Gasteiger partial charge in [0.25, 0.3) is 17.2 Å². The molecule has 0 saturated heterocycles. The number of rotatable bonds is 6. The summed E-state index contributed by atoms with van der Waals surface area (Å²) in [6.45, 7) is 0.394. The number of hydrogen-bond donors (Lipinski definition) is 1. The number of nitrogens with zero attached hydrogens (tertiary/aromatic N) is 2. The highest BCUT2D eigenvalue weighted by atomic mass is 19.4. The number of amides is 1. The van der Waals surface area contributed by atoms with Gasteiger partial charge in [-0.2, -0.15) is 13.2 Å². The van der Waals surface area contributed by atoms with Crippen LogP contribution in [0.3, 0.4) is 0 Å². The van der Waals surface area contributed by atoms with Gasteiger partial charge in [-0.05, 0) is 25.1 Å². The Hall–Kier alpha value is -3.70. The molecule has 0 unspecified atom stereocenters. The van der Waals surface area contributed by atoms with Crippen molar-refractivity contribution in [2.75, 3.05) is 5.32 Å². The quantitative estimate of drug-likeness (QED) is 0.441. The van der Waals surface area contributed by atoms with E-state index in [2.05, 4.69) is 5.32 Å². The fraction of sp³-hybridized carbons (Fsp3) is 0.235. The highest BCUT2D eigenvalue weighted by Crippen LogP contribution is 2.28. The molecule has 0 aliphatic rings. The molecule has 0 aliphatic carbocycles. The summed E-state index contributed by atoms with van der Waals surface area (Å²) in [6, 6.07) is 6.11. The molecule has 0 fully saturated rings. The SMILES string of the molecule is C[C@H](OC(=O)Cn1cc(C(F)(F)F)ccc1=O)C(=O)Nc1ccc([N+](=O)[O-])cc1. The van der Waals surface area contributed by atoms with Gasteiger partial charge in [-0.3, -0.25) is 24.5 Å². The maximum atomic E-state index is 12.7. The highest BCUT2D eigenvalue weighted by molar-refractivity contribution is 5.95.